The van der Waals surface area contributed by atoms with Crippen molar-refractivity contribution in [2.24, 2.45) is 5.92 Å². The van der Waals surface area contributed by atoms with Crippen LogP contribution in [-0.4, -0.2) is 42.1 Å². The third kappa shape index (κ3) is 4.77. The summed E-state index contributed by atoms with van der Waals surface area (Å²) in [6.07, 6.45) is 2.60. The lowest BCUT2D eigenvalue weighted by Crippen LogP contribution is -2.35. The number of aliphatic carboxylic acids is 1. The molecule has 114 valence electrons. The maximum atomic E-state index is 12.2. The molecular weight excluding hydrogens is 270 g/mol. The van der Waals surface area contributed by atoms with Gasteiger partial charge in [0.1, 0.15) is 5.75 Å². The molecule has 1 aliphatic rings. The predicted molar refractivity (Wildman–Crippen MR) is 78.3 cm³/mol. The summed E-state index contributed by atoms with van der Waals surface area (Å²) in [5.74, 6) is 0.156. The van der Waals surface area contributed by atoms with E-state index >= 15 is 0 Å². The predicted octanol–water partition coefficient (Wildman–Crippen LogP) is 1.95. The molecule has 1 N–H and O–H groups in total. The first kappa shape index (κ1) is 15.4. The SMILES string of the molecule is COc1ccc(CCN(CCC(=O)O)C(=O)C2CC2)cc1. The molecule has 5 nitrogen and oxygen atoms in total. The van der Waals surface area contributed by atoms with Crippen molar-refractivity contribution >= 4 is 11.9 Å². The maximum Gasteiger partial charge on any atom is 0.305 e. The molecule has 1 aromatic rings. The van der Waals surface area contributed by atoms with Crippen LogP contribution in [0.3, 0.4) is 0 Å². The van der Waals surface area contributed by atoms with Crippen LogP contribution in [0.5, 0.6) is 5.75 Å². The van der Waals surface area contributed by atoms with Gasteiger partial charge in [-0.05, 0) is 37.0 Å². The third-order valence-electron chi connectivity index (χ3n) is 3.66. The van der Waals surface area contributed by atoms with Crippen molar-refractivity contribution in [1.29, 1.82) is 0 Å². The Morgan fingerprint density at radius 1 is 1.24 bits per heavy atom. The summed E-state index contributed by atoms with van der Waals surface area (Å²) in [4.78, 5) is 24.5. The van der Waals surface area contributed by atoms with Gasteiger partial charge in [0.2, 0.25) is 5.91 Å². The van der Waals surface area contributed by atoms with E-state index in [0.29, 0.717) is 13.1 Å². The number of carbonyl (C=O) groups excluding carboxylic acids is 1. The summed E-state index contributed by atoms with van der Waals surface area (Å²) in [5.41, 5.74) is 1.11. The smallest absolute Gasteiger partial charge is 0.305 e. The standard InChI is InChI=1S/C16H21NO4/c1-21-14-6-2-12(3-7-14)8-10-17(11-9-15(18)19)16(20)13-4-5-13/h2-3,6-7,13H,4-5,8-11H2,1H3,(H,18,19). The number of hydrogen-bond acceptors (Lipinski definition) is 3. The van der Waals surface area contributed by atoms with Crippen LogP contribution in [0.4, 0.5) is 0 Å². The van der Waals surface area contributed by atoms with Gasteiger partial charge >= 0.3 is 5.97 Å². The van der Waals surface area contributed by atoms with Crippen molar-refractivity contribution in [1.82, 2.24) is 4.90 Å². The summed E-state index contributed by atoms with van der Waals surface area (Å²) in [5, 5.41) is 8.79. The van der Waals surface area contributed by atoms with Crippen LogP contribution < -0.4 is 4.74 Å². The van der Waals surface area contributed by atoms with Gasteiger partial charge in [0.05, 0.1) is 13.5 Å². The second kappa shape index (κ2) is 7.11. The van der Waals surface area contributed by atoms with E-state index in [2.05, 4.69) is 0 Å². The molecule has 0 aromatic heterocycles. The van der Waals surface area contributed by atoms with E-state index in [1.165, 1.54) is 0 Å². The zero-order chi connectivity index (χ0) is 15.2. The highest BCUT2D eigenvalue weighted by molar-refractivity contribution is 5.81. The monoisotopic (exact) mass is 291 g/mol. The van der Waals surface area contributed by atoms with Gasteiger partial charge in [-0.15, -0.1) is 0 Å². The lowest BCUT2D eigenvalue weighted by atomic mass is 10.1. The molecule has 1 amide bonds. The molecule has 0 unspecified atom stereocenters. The van der Waals surface area contributed by atoms with Crippen LogP contribution in [0.15, 0.2) is 24.3 Å². The summed E-state index contributed by atoms with van der Waals surface area (Å²) in [6, 6.07) is 7.71. The number of methoxy groups -OCH3 is 1. The fourth-order valence-electron chi connectivity index (χ4n) is 2.21. The van der Waals surface area contributed by atoms with Gasteiger partial charge in [-0.3, -0.25) is 9.59 Å². The molecule has 0 saturated heterocycles. The molecule has 0 atom stereocenters. The number of rotatable bonds is 8. The highest BCUT2D eigenvalue weighted by atomic mass is 16.5. The van der Waals surface area contributed by atoms with E-state index in [0.717, 1.165) is 30.6 Å². The molecule has 0 radical (unpaired) electrons. The van der Waals surface area contributed by atoms with E-state index in [-0.39, 0.29) is 18.2 Å². The van der Waals surface area contributed by atoms with Crippen LogP contribution in [0.1, 0.15) is 24.8 Å². The quantitative estimate of drug-likeness (QED) is 0.795. The fraction of sp³-hybridized carbons (Fsp3) is 0.500. The van der Waals surface area contributed by atoms with Crippen LogP contribution in [0, 0.1) is 5.92 Å². The lowest BCUT2D eigenvalue weighted by molar-refractivity contribution is -0.138. The van der Waals surface area contributed by atoms with Crippen LogP contribution in [0.2, 0.25) is 0 Å². The number of nitrogens with zero attached hydrogens (tertiary/aromatic N) is 1. The van der Waals surface area contributed by atoms with Gasteiger partial charge in [0, 0.05) is 19.0 Å². The zero-order valence-electron chi connectivity index (χ0n) is 12.2. The number of amides is 1. The summed E-state index contributed by atoms with van der Waals surface area (Å²) >= 11 is 0. The summed E-state index contributed by atoms with van der Waals surface area (Å²) in [7, 11) is 1.62. The van der Waals surface area contributed by atoms with E-state index in [1.54, 1.807) is 12.0 Å². The Hall–Kier alpha value is -2.04. The first-order valence-corrected chi connectivity index (χ1v) is 7.23. The van der Waals surface area contributed by atoms with Gasteiger partial charge < -0.3 is 14.7 Å². The highest BCUT2D eigenvalue weighted by Gasteiger charge is 2.33. The Bertz CT molecular complexity index is 494. The van der Waals surface area contributed by atoms with Crippen molar-refractivity contribution in [3.05, 3.63) is 29.8 Å². The second-order valence-electron chi connectivity index (χ2n) is 5.34. The van der Waals surface area contributed by atoms with Crippen molar-refractivity contribution in [2.45, 2.75) is 25.7 Å². The van der Waals surface area contributed by atoms with Crippen molar-refractivity contribution in [3.8, 4) is 5.75 Å². The van der Waals surface area contributed by atoms with E-state index in [9.17, 15) is 9.59 Å². The number of carboxylic acids is 1. The van der Waals surface area contributed by atoms with Gasteiger partial charge in [0.25, 0.3) is 0 Å². The Morgan fingerprint density at radius 3 is 2.43 bits per heavy atom. The topological polar surface area (TPSA) is 66.8 Å². The van der Waals surface area contributed by atoms with Crippen LogP contribution in [0.25, 0.3) is 0 Å². The van der Waals surface area contributed by atoms with Crippen LogP contribution in [-0.2, 0) is 16.0 Å². The first-order chi connectivity index (χ1) is 10.1. The van der Waals surface area contributed by atoms with E-state index in [1.807, 2.05) is 24.3 Å². The Kier molecular flexibility index (Phi) is 5.20. The van der Waals surface area contributed by atoms with Crippen molar-refractivity contribution < 1.29 is 19.4 Å². The summed E-state index contributed by atoms with van der Waals surface area (Å²) in [6.45, 7) is 0.857. The average molecular weight is 291 g/mol. The van der Waals surface area contributed by atoms with Crippen LogP contribution >= 0.6 is 0 Å². The first-order valence-electron chi connectivity index (χ1n) is 7.23. The Labute approximate surface area is 124 Å². The number of hydrogen-bond donors (Lipinski definition) is 1. The minimum atomic E-state index is -0.868. The van der Waals surface area contributed by atoms with Crippen molar-refractivity contribution in [3.63, 3.8) is 0 Å². The largest absolute Gasteiger partial charge is 0.497 e. The zero-order valence-corrected chi connectivity index (χ0v) is 12.2. The number of carbonyl (C=O) groups is 2. The molecule has 0 spiro atoms. The Morgan fingerprint density at radius 2 is 1.90 bits per heavy atom. The molecule has 2 rings (SSSR count). The second-order valence-corrected chi connectivity index (χ2v) is 5.34. The minimum absolute atomic E-state index is 0.00106. The normalized spacial score (nSPS) is 13.8. The third-order valence-corrected chi connectivity index (χ3v) is 3.66. The van der Waals surface area contributed by atoms with Crippen molar-refractivity contribution in [2.75, 3.05) is 20.2 Å². The van der Waals surface area contributed by atoms with E-state index in [4.69, 9.17) is 9.84 Å². The van der Waals surface area contributed by atoms with Gasteiger partial charge in [0.15, 0.2) is 0 Å². The molecule has 0 heterocycles. The number of carboxylic acid groups (broad SMARTS) is 1. The highest BCUT2D eigenvalue weighted by Crippen LogP contribution is 2.31. The Balaban J connectivity index is 1.90. The average Bonchev–Trinajstić information content (AvgIpc) is 3.31. The molecule has 1 saturated carbocycles. The minimum Gasteiger partial charge on any atom is -0.497 e. The lowest BCUT2D eigenvalue weighted by Gasteiger charge is -2.22. The van der Waals surface area contributed by atoms with Gasteiger partial charge in [-0.2, -0.15) is 0 Å². The van der Waals surface area contributed by atoms with Gasteiger partial charge in [-0.1, -0.05) is 12.1 Å². The molecule has 0 aliphatic heterocycles. The molecule has 5 heteroatoms. The molecule has 1 aliphatic carbocycles. The number of benzene rings is 1. The van der Waals surface area contributed by atoms with E-state index < -0.39 is 5.97 Å². The molecule has 0 bridgehead atoms. The number of ether oxygens (including phenoxy) is 1. The molecule has 1 aromatic carbocycles. The van der Waals surface area contributed by atoms with Gasteiger partial charge in [-0.25, -0.2) is 0 Å². The molecule has 1 fully saturated rings. The molecule has 21 heavy (non-hydrogen) atoms. The molecular formula is C16H21NO4. The maximum absolute atomic E-state index is 12.2. The summed E-state index contributed by atoms with van der Waals surface area (Å²) < 4.78 is 5.11. The fourth-order valence-corrected chi connectivity index (χ4v) is 2.21.